The van der Waals surface area contributed by atoms with E-state index in [0.717, 1.165) is 10.6 Å². The topological polar surface area (TPSA) is 58.2 Å². The van der Waals surface area contributed by atoms with Gasteiger partial charge in [-0.2, -0.15) is 0 Å². The van der Waals surface area contributed by atoms with E-state index in [1.165, 1.54) is 0 Å². The average Bonchev–Trinajstić information content (AvgIpc) is 2.57. The Kier molecular flexibility index (Phi) is 8.01. The Morgan fingerprint density at radius 3 is 2.12 bits per heavy atom. The number of anilines is 2. The van der Waals surface area contributed by atoms with Gasteiger partial charge in [-0.1, -0.05) is 37.6 Å². The summed E-state index contributed by atoms with van der Waals surface area (Å²) in [5.41, 5.74) is 1.43. The zero-order chi connectivity index (χ0) is 18.9. The van der Waals surface area contributed by atoms with Gasteiger partial charge in [0, 0.05) is 34.9 Å². The van der Waals surface area contributed by atoms with Gasteiger partial charge in [-0.25, -0.2) is 0 Å². The van der Waals surface area contributed by atoms with E-state index in [1.54, 1.807) is 36.0 Å². The van der Waals surface area contributed by atoms with Crippen molar-refractivity contribution in [2.24, 2.45) is 5.92 Å². The lowest BCUT2D eigenvalue weighted by Gasteiger charge is -2.09. The summed E-state index contributed by atoms with van der Waals surface area (Å²) in [5, 5.41) is 6.40. The maximum Gasteiger partial charge on any atom is 0.225 e. The number of rotatable bonds is 8. The number of amides is 2. The average molecular weight is 391 g/mol. The Morgan fingerprint density at radius 2 is 1.54 bits per heavy atom. The summed E-state index contributed by atoms with van der Waals surface area (Å²) < 4.78 is 0. The minimum absolute atomic E-state index is 0.00613. The first-order valence-electron chi connectivity index (χ1n) is 8.51. The minimum Gasteiger partial charge on any atom is -0.326 e. The molecule has 0 radical (unpaired) electrons. The maximum atomic E-state index is 12.0. The van der Waals surface area contributed by atoms with Crippen LogP contribution in [0.25, 0.3) is 0 Å². The van der Waals surface area contributed by atoms with Crippen LogP contribution in [-0.4, -0.2) is 17.6 Å². The first-order valence-corrected chi connectivity index (χ1v) is 9.87. The van der Waals surface area contributed by atoms with E-state index >= 15 is 0 Å². The number of carbonyl (C=O) groups excluding carboxylic acids is 2. The quantitative estimate of drug-likeness (QED) is 0.589. The van der Waals surface area contributed by atoms with Crippen molar-refractivity contribution in [2.45, 2.75) is 31.6 Å². The van der Waals surface area contributed by atoms with Gasteiger partial charge in [-0.3, -0.25) is 9.59 Å². The molecule has 0 aliphatic carbocycles. The molecular weight excluding hydrogens is 368 g/mol. The number of halogens is 1. The fourth-order valence-corrected chi connectivity index (χ4v) is 3.45. The third kappa shape index (κ3) is 7.10. The molecule has 0 spiro atoms. The van der Waals surface area contributed by atoms with Crippen LogP contribution in [0.3, 0.4) is 0 Å². The Bertz CT molecular complexity index is 748. The second-order valence-corrected chi connectivity index (χ2v) is 7.84. The highest BCUT2D eigenvalue weighted by molar-refractivity contribution is 7.99. The number of nitrogens with one attached hydrogen (secondary N) is 2. The number of thioether (sulfide) groups is 1. The van der Waals surface area contributed by atoms with Gasteiger partial charge < -0.3 is 10.6 Å². The van der Waals surface area contributed by atoms with Gasteiger partial charge in [0.2, 0.25) is 11.8 Å². The molecule has 0 fully saturated rings. The van der Waals surface area contributed by atoms with Crippen molar-refractivity contribution in [1.82, 2.24) is 0 Å². The fourth-order valence-electron chi connectivity index (χ4n) is 2.26. The zero-order valence-corrected chi connectivity index (χ0v) is 16.5. The van der Waals surface area contributed by atoms with E-state index in [-0.39, 0.29) is 11.8 Å². The molecule has 2 aromatic carbocycles. The molecule has 0 heterocycles. The number of benzene rings is 2. The van der Waals surface area contributed by atoms with Gasteiger partial charge in [0.15, 0.2) is 0 Å². The molecule has 0 aromatic heterocycles. The Hall–Kier alpha value is -1.98. The Labute approximate surface area is 163 Å². The summed E-state index contributed by atoms with van der Waals surface area (Å²) in [6.07, 6.45) is 0.879. The molecule has 2 N–H and O–H groups in total. The lowest BCUT2D eigenvalue weighted by molar-refractivity contribution is -0.117. The van der Waals surface area contributed by atoms with E-state index in [4.69, 9.17) is 11.6 Å². The molecule has 4 nitrogen and oxygen atoms in total. The van der Waals surface area contributed by atoms with Crippen molar-refractivity contribution in [3.05, 3.63) is 53.6 Å². The maximum absolute atomic E-state index is 12.0. The molecule has 6 heteroatoms. The molecule has 0 saturated heterocycles. The van der Waals surface area contributed by atoms with Crippen LogP contribution in [0.1, 0.15) is 26.7 Å². The lowest BCUT2D eigenvalue weighted by Crippen LogP contribution is -2.14. The van der Waals surface area contributed by atoms with Crippen molar-refractivity contribution in [2.75, 3.05) is 16.4 Å². The van der Waals surface area contributed by atoms with Gasteiger partial charge >= 0.3 is 0 Å². The molecule has 0 aliphatic rings. The first-order chi connectivity index (χ1) is 12.4. The predicted molar refractivity (Wildman–Crippen MR) is 110 cm³/mol. The molecule has 0 atom stereocenters. The fraction of sp³-hybridized carbons (Fsp3) is 0.300. The van der Waals surface area contributed by atoms with Crippen LogP contribution in [-0.2, 0) is 9.59 Å². The van der Waals surface area contributed by atoms with Crippen LogP contribution < -0.4 is 10.6 Å². The van der Waals surface area contributed by atoms with Crippen molar-refractivity contribution in [1.29, 1.82) is 0 Å². The van der Waals surface area contributed by atoms with Crippen molar-refractivity contribution < 1.29 is 9.59 Å². The highest BCUT2D eigenvalue weighted by Crippen LogP contribution is 2.27. The van der Waals surface area contributed by atoms with E-state index < -0.39 is 0 Å². The molecule has 2 aromatic rings. The summed E-state index contributed by atoms with van der Waals surface area (Å²) in [4.78, 5) is 24.8. The van der Waals surface area contributed by atoms with Crippen LogP contribution in [0.5, 0.6) is 0 Å². The van der Waals surface area contributed by atoms with Gasteiger partial charge in [0.1, 0.15) is 0 Å². The van der Waals surface area contributed by atoms with Crippen LogP contribution in [0.4, 0.5) is 11.4 Å². The third-order valence-corrected chi connectivity index (χ3v) is 4.99. The predicted octanol–water partition coefficient (Wildman–Crippen LogP) is 5.45. The highest BCUT2D eigenvalue weighted by Gasteiger charge is 2.07. The van der Waals surface area contributed by atoms with Crippen LogP contribution in [0.15, 0.2) is 53.4 Å². The van der Waals surface area contributed by atoms with Crippen LogP contribution >= 0.6 is 23.4 Å². The van der Waals surface area contributed by atoms with E-state index in [2.05, 4.69) is 10.6 Å². The first kappa shape index (κ1) is 20.3. The molecule has 2 rings (SSSR count). The largest absolute Gasteiger partial charge is 0.326 e. The van der Waals surface area contributed by atoms with Crippen LogP contribution in [0, 0.1) is 5.92 Å². The second kappa shape index (κ2) is 10.2. The van der Waals surface area contributed by atoms with E-state index in [9.17, 15) is 9.59 Å². The van der Waals surface area contributed by atoms with Gasteiger partial charge in [0.05, 0.1) is 5.02 Å². The zero-order valence-electron chi connectivity index (χ0n) is 14.9. The van der Waals surface area contributed by atoms with Crippen molar-refractivity contribution >= 4 is 46.6 Å². The summed E-state index contributed by atoms with van der Waals surface area (Å²) >= 11 is 7.66. The monoisotopic (exact) mass is 390 g/mol. The Balaban J connectivity index is 1.76. The summed E-state index contributed by atoms with van der Waals surface area (Å²) in [7, 11) is 0. The normalized spacial score (nSPS) is 10.6. The molecule has 0 saturated carbocycles. The highest BCUT2D eigenvalue weighted by atomic mass is 35.5. The molecule has 0 unspecified atom stereocenters. The van der Waals surface area contributed by atoms with Crippen molar-refractivity contribution in [3.63, 3.8) is 0 Å². The van der Waals surface area contributed by atoms with Crippen LogP contribution in [0.2, 0.25) is 5.02 Å². The number of carbonyl (C=O) groups is 2. The standard InChI is InChI=1S/C20H23ClN2O2S/c1-14(2)13-20(25)23-16-9-7-15(8-10-16)22-19(24)11-12-26-18-6-4-3-5-17(18)21/h3-10,14H,11-13H2,1-2H3,(H,22,24)(H,23,25). The van der Waals surface area contributed by atoms with E-state index in [0.29, 0.717) is 35.2 Å². The van der Waals surface area contributed by atoms with Crippen molar-refractivity contribution in [3.8, 4) is 0 Å². The molecule has 138 valence electrons. The van der Waals surface area contributed by atoms with Gasteiger partial charge in [-0.05, 0) is 42.3 Å². The smallest absolute Gasteiger partial charge is 0.225 e. The molecule has 26 heavy (non-hydrogen) atoms. The lowest BCUT2D eigenvalue weighted by atomic mass is 10.1. The second-order valence-electron chi connectivity index (χ2n) is 6.30. The molecular formula is C20H23ClN2O2S. The Morgan fingerprint density at radius 1 is 0.962 bits per heavy atom. The number of hydrogen-bond donors (Lipinski definition) is 2. The van der Waals surface area contributed by atoms with Gasteiger partial charge in [0.25, 0.3) is 0 Å². The third-order valence-electron chi connectivity index (χ3n) is 3.47. The SMILES string of the molecule is CC(C)CC(=O)Nc1ccc(NC(=O)CCSc2ccccc2Cl)cc1. The molecule has 0 bridgehead atoms. The summed E-state index contributed by atoms with van der Waals surface area (Å²) in [6, 6.07) is 14.7. The van der Waals surface area contributed by atoms with E-state index in [1.807, 2.05) is 38.1 Å². The molecule has 0 aliphatic heterocycles. The summed E-state index contributed by atoms with van der Waals surface area (Å²) in [5.74, 6) is 0.908. The molecule has 2 amide bonds. The summed E-state index contributed by atoms with van der Waals surface area (Å²) in [6.45, 7) is 4.00. The number of hydrogen-bond acceptors (Lipinski definition) is 3. The van der Waals surface area contributed by atoms with Gasteiger partial charge in [-0.15, -0.1) is 11.8 Å². The minimum atomic E-state index is -0.0545.